The predicted molar refractivity (Wildman–Crippen MR) is 50.2 cm³/mol. The Hall–Kier alpha value is 0.650. The lowest BCUT2D eigenvalue weighted by molar-refractivity contribution is 0.128. The third-order valence-corrected chi connectivity index (χ3v) is 3.46. The topological polar surface area (TPSA) is 15.3 Å². The second kappa shape index (κ2) is 2.60. The van der Waals surface area contributed by atoms with Crippen molar-refractivity contribution in [2.24, 2.45) is 0 Å². The number of rotatable bonds is 0. The number of piperazine rings is 1. The number of hydrogen-bond acceptors (Lipinski definition) is 2. The van der Waals surface area contributed by atoms with Crippen molar-refractivity contribution in [1.82, 2.24) is 8.43 Å². The van der Waals surface area contributed by atoms with E-state index in [-0.39, 0.29) is 0 Å². The van der Waals surface area contributed by atoms with Gasteiger partial charge < -0.3 is 5.32 Å². The zero-order valence-electron chi connectivity index (χ0n) is 6.07. The first kappa shape index (κ1) is 7.31. The first-order valence-electron chi connectivity index (χ1n) is 3.97. The fourth-order valence-corrected chi connectivity index (χ4v) is 2.74. The average molecular weight is 252 g/mol. The summed E-state index contributed by atoms with van der Waals surface area (Å²) in [5, 5.41) is 3.62. The molecule has 1 heterocycles. The Balaban J connectivity index is 1.96. The highest BCUT2D eigenvalue weighted by Crippen LogP contribution is 2.34. The molecular formula is C7H13IN2. The van der Waals surface area contributed by atoms with Crippen molar-refractivity contribution in [2.75, 3.05) is 19.6 Å². The van der Waals surface area contributed by atoms with Gasteiger partial charge in [-0.2, -0.15) is 0 Å². The van der Waals surface area contributed by atoms with Gasteiger partial charge in [0, 0.05) is 48.0 Å². The van der Waals surface area contributed by atoms with Crippen LogP contribution in [0.3, 0.4) is 0 Å². The van der Waals surface area contributed by atoms with Gasteiger partial charge in [-0.25, -0.2) is 3.11 Å². The molecule has 0 amide bonds. The van der Waals surface area contributed by atoms with E-state index in [9.17, 15) is 0 Å². The minimum Gasteiger partial charge on any atom is -0.309 e. The molecule has 0 aromatic carbocycles. The second-order valence-electron chi connectivity index (χ2n) is 3.41. The minimum atomic E-state index is 0.541. The zero-order valence-corrected chi connectivity index (χ0v) is 8.23. The van der Waals surface area contributed by atoms with Crippen molar-refractivity contribution < 1.29 is 0 Å². The van der Waals surface area contributed by atoms with Crippen LogP contribution >= 0.6 is 22.9 Å². The van der Waals surface area contributed by atoms with E-state index in [4.69, 9.17) is 0 Å². The Morgan fingerprint density at radius 3 is 2.60 bits per heavy atom. The zero-order chi connectivity index (χ0) is 7.03. The lowest BCUT2D eigenvalue weighted by Crippen LogP contribution is -2.61. The van der Waals surface area contributed by atoms with Gasteiger partial charge >= 0.3 is 0 Å². The summed E-state index contributed by atoms with van der Waals surface area (Å²) in [5.74, 6) is 0. The van der Waals surface area contributed by atoms with E-state index in [1.807, 2.05) is 0 Å². The summed E-state index contributed by atoms with van der Waals surface area (Å²) in [6, 6.07) is 0. The molecule has 1 aliphatic heterocycles. The van der Waals surface area contributed by atoms with E-state index in [1.54, 1.807) is 0 Å². The predicted octanol–water partition coefficient (Wildman–Crippen LogP) is 1.16. The smallest absolute Gasteiger partial charge is 0.0317 e. The van der Waals surface area contributed by atoms with E-state index in [0.717, 1.165) is 0 Å². The molecule has 2 fully saturated rings. The van der Waals surface area contributed by atoms with Crippen molar-refractivity contribution in [3.8, 4) is 0 Å². The highest BCUT2D eigenvalue weighted by atomic mass is 127. The maximum atomic E-state index is 3.62. The molecule has 2 aliphatic rings. The number of nitrogens with one attached hydrogen (secondary N) is 1. The van der Waals surface area contributed by atoms with E-state index >= 15 is 0 Å². The van der Waals surface area contributed by atoms with Crippen LogP contribution in [0.1, 0.15) is 19.3 Å². The number of nitrogens with zero attached hydrogens (tertiary/aromatic N) is 1. The summed E-state index contributed by atoms with van der Waals surface area (Å²) < 4.78 is 2.41. The molecule has 1 saturated heterocycles. The maximum absolute atomic E-state index is 3.62. The lowest BCUT2D eigenvalue weighted by Gasteiger charge is -2.48. The summed E-state index contributed by atoms with van der Waals surface area (Å²) in [4.78, 5) is 0. The number of hydrogen-bond donors (Lipinski definition) is 1. The molecule has 0 atom stereocenters. The third kappa shape index (κ3) is 1.19. The largest absolute Gasteiger partial charge is 0.309 e. The van der Waals surface area contributed by atoms with Crippen LogP contribution in [0.4, 0.5) is 0 Å². The molecule has 3 heteroatoms. The fourth-order valence-electron chi connectivity index (χ4n) is 1.84. The molecule has 10 heavy (non-hydrogen) atoms. The van der Waals surface area contributed by atoms with Crippen molar-refractivity contribution >= 4 is 22.9 Å². The number of halogens is 1. The van der Waals surface area contributed by atoms with Crippen molar-refractivity contribution in [3.05, 3.63) is 0 Å². The monoisotopic (exact) mass is 252 g/mol. The van der Waals surface area contributed by atoms with Gasteiger partial charge in [-0.3, -0.25) is 0 Å². The first-order valence-corrected chi connectivity index (χ1v) is 4.93. The molecule has 0 radical (unpaired) electrons. The van der Waals surface area contributed by atoms with Gasteiger partial charge in [-0.1, -0.05) is 0 Å². The van der Waals surface area contributed by atoms with Gasteiger partial charge in [-0.15, -0.1) is 0 Å². The van der Waals surface area contributed by atoms with E-state index in [1.165, 1.54) is 38.9 Å². The molecule has 0 bridgehead atoms. The standard InChI is InChI=1S/C7H13IN2/c8-10-5-4-9-7(6-10)2-1-3-7/h9H,1-6H2. The molecule has 1 aliphatic carbocycles. The quantitative estimate of drug-likeness (QED) is 0.514. The van der Waals surface area contributed by atoms with E-state index < -0.39 is 0 Å². The van der Waals surface area contributed by atoms with Crippen LogP contribution in [-0.4, -0.2) is 28.3 Å². The van der Waals surface area contributed by atoms with Gasteiger partial charge in [0.25, 0.3) is 0 Å². The van der Waals surface area contributed by atoms with Gasteiger partial charge in [0.1, 0.15) is 0 Å². The maximum Gasteiger partial charge on any atom is 0.0317 e. The molecule has 1 spiro atoms. The van der Waals surface area contributed by atoms with Crippen LogP contribution in [0.15, 0.2) is 0 Å². The highest BCUT2D eigenvalue weighted by Gasteiger charge is 2.39. The molecule has 1 saturated carbocycles. The fraction of sp³-hybridized carbons (Fsp3) is 1.00. The first-order chi connectivity index (χ1) is 4.81. The van der Waals surface area contributed by atoms with Gasteiger partial charge in [0.15, 0.2) is 0 Å². The SMILES string of the molecule is IN1CCNC2(CCC2)C1. The van der Waals surface area contributed by atoms with Gasteiger partial charge in [0.05, 0.1) is 0 Å². The molecular weight excluding hydrogens is 239 g/mol. The Morgan fingerprint density at radius 2 is 2.20 bits per heavy atom. The summed E-state index contributed by atoms with van der Waals surface area (Å²) in [6.45, 7) is 3.65. The summed E-state index contributed by atoms with van der Waals surface area (Å²) in [5.41, 5.74) is 0.541. The minimum absolute atomic E-state index is 0.541. The van der Waals surface area contributed by atoms with Crippen molar-refractivity contribution in [3.63, 3.8) is 0 Å². The second-order valence-corrected chi connectivity index (χ2v) is 4.77. The van der Waals surface area contributed by atoms with Gasteiger partial charge in [0.2, 0.25) is 0 Å². The summed E-state index contributed by atoms with van der Waals surface area (Å²) in [6.07, 6.45) is 4.22. The highest BCUT2D eigenvalue weighted by molar-refractivity contribution is 14.1. The van der Waals surface area contributed by atoms with E-state index in [0.29, 0.717) is 5.54 Å². The summed E-state index contributed by atoms with van der Waals surface area (Å²) >= 11 is 2.43. The van der Waals surface area contributed by atoms with Crippen molar-refractivity contribution in [1.29, 1.82) is 0 Å². The van der Waals surface area contributed by atoms with Crippen LogP contribution in [0, 0.1) is 0 Å². The molecule has 0 aromatic heterocycles. The Kier molecular flexibility index (Phi) is 1.90. The molecule has 0 aromatic rings. The molecule has 2 nitrogen and oxygen atoms in total. The van der Waals surface area contributed by atoms with Gasteiger partial charge in [-0.05, 0) is 19.3 Å². The summed E-state index contributed by atoms with van der Waals surface area (Å²) in [7, 11) is 0. The van der Waals surface area contributed by atoms with Crippen LogP contribution in [0.5, 0.6) is 0 Å². The van der Waals surface area contributed by atoms with E-state index in [2.05, 4.69) is 31.3 Å². The molecule has 2 rings (SSSR count). The third-order valence-electron chi connectivity index (χ3n) is 2.64. The van der Waals surface area contributed by atoms with Crippen molar-refractivity contribution in [2.45, 2.75) is 24.8 Å². The molecule has 0 unspecified atom stereocenters. The van der Waals surface area contributed by atoms with Crippen LogP contribution in [0.2, 0.25) is 0 Å². The normalized spacial score (nSPS) is 32.1. The Labute approximate surface area is 75.8 Å². The lowest BCUT2D eigenvalue weighted by atomic mass is 9.76. The molecule has 58 valence electrons. The average Bonchev–Trinajstić information content (AvgIpc) is 1.85. The Morgan fingerprint density at radius 1 is 1.40 bits per heavy atom. The molecule has 1 N–H and O–H groups in total. The Bertz CT molecular complexity index is 134. The van der Waals surface area contributed by atoms with Crippen LogP contribution < -0.4 is 5.32 Å². The van der Waals surface area contributed by atoms with Crippen LogP contribution in [-0.2, 0) is 0 Å². The van der Waals surface area contributed by atoms with Crippen LogP contribution in [0.25, 0.3) is 0 Å².